The Labute approximate surface area is 121 Å². The summed E-state index contributed by atoms with van der Waals surface area (Å²) in [5.41, 5.74) is -0.566. The van der Waals surface area contributed by atoms with E-state index in [1.165, 1.54) is 0 Å². The van der Waals surface area contributed by atoms with Crippen LogP contribution in [0.5, 0.6) is 0 Å². The van der Waals surface area contributed by atoms with Crippen molar-refractivity contribution in [3.63, 3.8) is 0 Å². The summed E-state index contributed by atoms with van der Waals surface area (Å²) in [6.07, 6.45) is 0.507. The van der Waals surface area contributed by atoms with Crippen LogP contribution in [0.3, 0.4) is 0 Å². The zero-order valence-electron chi connectivity index (χ0n) is 13.4. The maximum Gasteiger partial charge on any atom is 0.315 e. The minimum absolute atomic E-state index is 0.0601. The average Bonchev–Trinajstić information content (AvgIpc) is 2.10. The van der Waals surface area contributed by atoms with Crippen molar-refractivity contribution in [3.8, 4) is 0 Å². The largest absolute Gasteiger partial charge is 0.481 e. The summed E-state index contributed by atoms with van der Waals surface area (Å²) >= 11 is 0. The summed E-state index contributed by atoms with van der Waals surface area (Å²) in [7, 11) is 1.56. The van der Waals surface area contributed by atoms with Crippen LogP contribution in [0, 0.1) is 5.41 Å². The summed E-state index contributed by atoms with van der Waals surface area (Å²) in [4.78, 5) is 22.8. The lowest BCUT2D eigenvalue weighted by molar-refractivity contribution is -0.137. The molecule has 1 unspecified atom stereocenters. The molecule has 0 aromatic heterocycles. The number of carboxylic acid groups (broad SMARTS) is 1. The topological polar surface area (TPSA) is 87.7 Å². The lowest BCUT2D eigenvalue weighted by Crippen LogP contribution is -2.53. The van der Waals surface area contributed by atoms with Crippen LogP contribution in [0.2, 0.25) is 0 Å². The fourth-order valence-electron chi connectivity index (χ4n) is 2.05. The van der Waals surface area contributed by atoms with Gasteiger partial charge in [0.1, 0.15) is 0 Å². The second kappa shape index (κ2) is 7.47. The van der Waals surface area contributed by atoms with Crippen molar-refractivity contribution >= 4 is 12.0 Å². The van der Waals surface area contributed by atoms with Crippen molar-refractivity contribution in [1.29, 1.82) is 0 Å². The van der Waals surface area contributed by atoms with Crippen molar-refractivity contribution in [2.45, 2.75) is 59.0 Å². The number of hydrogen-bond acceptors (Lipinski definition) is 3. The van der Waals surface area contributed by atoms with E-state index >= 15 is 0 Å². The SMILES string of the molecule is COCC(C)(C)NC(=O)NC(CC(=O)O)CC(C)(C)C. The van der Waals surface area contributed by atoms with Gasteiger partial charge in [-0.25, -0.2) is 4.79 Å². The van der Waals surface area contributed by atoms with Gasteiger partial charge in [-0.15, -0.1) is 0 Å². The van der Waals surface area contributed by atoms with Crippen LogP contribution in [0.1, 0.15) is 47.5 Å². The van der Waals surface area contributed by atoms with Crippen LogP contribution in [0.15, 0.2) is 0 Å². The van der Waals surface area contributed by atoms with Crippen LogP contribution in [0.25, 0.3) is 0 Å². The number of aliphatic carboxylic acids is 1. The molecule has 0 saturated carbocycles. The predicted molar refractivity (Wildman–Crippen MR) is 77.7 cm³/mol. The fraction of sp³-hybridized carbons (Fsp3) is 0.857. The normalized spacial score (nSPS) is 13.7. The van der Waals surface area contributed by atoms with E-state index < -0.39 is 17.6 Å². The minimum atomic E-state index is -0.921. The van der Waals surface area contributed by atoms with Gasteiger partial charge >= 0.3 is 12.0 Å². The van der Waals surface area contributed by atoms with Gasteiger partial charge in [0, 0.05) is 13.2 Å². The first-order chi connectivity index (χ1) is 8.95. The van der Waals surface area contributed by atoms with Gasteiger partial charge in [0.15, 0.2) is 0 Å². The van der Waals surface area contributed by atoms with Crippen molar-refractivity contribution in [2.24, 2.45) is 5.41 Å². The van der Waals surface area contributed by atoms with E-state index in [1.807, 2.05) is 34.6 Å². The smallest absolute Gasteiger partial charge is 0.315 e. The zero-order chi connectivity index (χ0) is 16.0. The number of carboxylic acids is 1. The quantitative estimate of drug-likeness (QED) is 0.668. The second-order valence-electron chi connectivity index (χ2n) is 6.97. The van der Waals surface area contributed by atoms with Crippen molar-refractivity contribution in [2.75, 3.05) is 13.7 Å². The molecule has 0 aliphatic carbocycles. The number of methoxy groups -OCH3 is 1. The first-order valence-corrected chi connectivity index (χ1v) is 6.74. The van der Waals surface area contributed by atoms with Crippen molar-refractivity contribution < 1.29 is 19.4 Å². The molecule has 0 heterocycles. The van der Waals surface area contributed by atoms with E-state index in [4.69, 9.17) is 9.84 Å². The van der Waals surface area contributed by atoms with Gasteiger partial charge in [-0.3, -0.25) is 4.79 Å². The van der Waals surface area contributed by atoms with Crippen LogP contribution >= 0.6 is 0 Å². The maximum atomic E-state index is 11.9. The fourth-order valence-corrected chi connectivity index (χ4v) is 2.05. The van der Waals surface area contributed by atoms with Crippen LogP contribution in [-0.4, -0.2) is 42.4 Å². The van der Waals surface area contributed by atoms with Crippen molar-refractivity contribution in [1.82, 2.24) is 10.6 Å². The van der Waals surface area contributed by atoms with Crippen LogP contribution in [0.4, 0.5) is 4.79 Å². The molecule has 0 aromatic carbocycles. The lowest BCUT2D eigenvalue weighted by atomic mass is 9.87. The Morgan fingerprint density at radius 3 is 2.15 bits per heavy atom. The van der Waals surface area contributed by atoms with Crippen LogP contribution in [-0.2, 0) is 9.53 Å². The molecule has 0 saturated heterocycles. The molecule has 1 atom stereocenters. The van der Waals surface area contributed by atoms with Gasteiger partial charge in [-0.1, -0.05) is 20.8 Å². The highest BCUT2D eigenvalue weighted by atomic mass is 16.5. The van der Waals surface area contributed by atoms with Crippen molar-refractivity contribution in [3.05, 3.63) is 0 Å². The third-order valence-electron chi connectivity index (χ3n) is 2.57. The van der Waals surface area contributed by atoms with E-state index in [0.29, 0.717) is 13.0 Å². The molecule has 0 bridgehead atoms. The molecule has 0 fully saturated rings. The summed E-state index contributed by atoms with van der Waals surface area (Å²) < 4.78 is 5.02. The molecule has 0 aliphatic heterocycles. The number of rotatable bonds is 7. The minimum Gasteiger partial charge on any atom is -0.481 e. The Morgan fingerprint density at radius 2 is 1.75 bits per heavy atom. The Morgan fingerprint density at radius 1 is 1.20 bits per heavy atom. The highest BCUT2D eigenvalue weighted by Crippen LogP contribution is 2.22. The molecule has 20 heavy (non-hydrogen) atoms. The van der Waals surface area contributed by atoms with E-state index in [-0.39, 0.29) is 17.9 Å². The number of urea groups is 1. The highest BCUT2D eigenvalue weighted by molar-refractivity contribution is 5.76. The highest BCUT2D eigenvalue weighted by Gasteiger charge is 2.25. The van der Waals surface area contributed by atoms with Gasteiger partial charge in [0.25, 0.3) is 0 Å². The molecule has 6 heteroatoms. The monoisotopic (exact) mass is 288 g/mol. The molecule has 0 rings (SSSR count). The van der Waals surface area contributed by atoms with E-state index in [2.05, 4.69) is 10.6 Å². The third kappa shape index (κ3) is 9.61. The Kier molecular flexibility index (Phi) is 6.99. The third-order valence-corrected chi connectivity index (χ3v) is 2.57. The molecule has 0 radical (unpaired) electrons. The van der Waals surface area contributed by atoms with E-state index in [1.54, 1.807) is 7.11 Å². The number of carbonyl (C=O) groups is 2. The first kappa shape index (κ1) is 18.7. The van der Waals surface area contributed by atoms with Gasteiger partial charge < -0.3 is 20.5 Å². The van der Waals surface area contributed by atoms with E-state index in [0.717, 1.165) is 0 Å². The van der Waals surface area contributed by atoms with Crippen LogP contribution < -0.4 is 10.6 Å². The number of nitrogens with one attached hydrogen (secondary N) is 2. The second-order valence-corrected chi connectivity index (χ2v) is 6.97. The molecular weight excluding hydrogens is 260 g/mol. The zero-order valence-corrected chi connectivity index (χ0v) is 13.4. The van der Waals surface area contributed by atoms with Gasteiger partial charge in [0.05, 0.1) is 18.6 Å². The molecule has 118 valence electrons. The number of carbonyl (C=O) groups excluding carboxylic acids is 1. The molecule has 3 N–H and O–H groups in total. The van der Waals surface area contributed by atoms with Gasteiger partial charge in [0.2, 0.25) is 0 Å². The molecular formula is C14H28N2O4. The Balaban J connectivity index is 4.57. The number of amides is 2. The Hall–Kier alpha value is -1.30. The molecule has 2 amide bonds. The number of hydrogen-bond donors (Lipinski definition) is 3. The summed E-state index contributed by atoms with van der Waals surface area (Å²) in [5, 5.41) is 14.4. The first-order valence-electron chi connectivity index (χ1n) is 6.74. The van der Waals surface area contributed by atoms with E-state index in [9.17, 15) is 9.59 Å². The Bertz CT molecular complexity index is 335. The average molecular weight is 288 g/mol. The number of ether oxygens (including phenoxy) is 1. The molecule has 6 nitrogen and oxygen atoms in total. The standard InChI is InChI=1S/C14H28N2O4/c1-13(2,3)8-10(7-11(17)18)15-12(19)16-14(4,5)9-20-6/h10H,7-9H2,1-6H3,(H,17,18)(H2,15,16,19). The predicted octanol–water partition coefficient (Wildman–Crippen LogP) is 1.99. The molecule has 0 spiro atoms. The summed E-state index contributed by atoms with van der Waals surface area (Å²) in [6, 6.07) is -0.770. The van der Waals surface area contributed by atoms with Gasteiger partial charge in [-0.05, 0) is 25.7 Å². The maximum absolute atomic E-state index is 11.9. The lowest BCUT2D eigenvalue weighted by Gasteiger charge is -2.29. The molecule has 0 aromatic rings. The molecule has 0 aliphatic rings. The van der Waals surface area contributed by atoms with Gasteiger partial charge in [-0.2, -0.15) is 0 Å². The summed E-state index contributed by atoms with van der Waals surface area (Å²) in [5.74, 6) is -0.921. The summed E-state index contributed by atoms with van der Waals surface area (Å²) in [6.45, 7) is 10.1.